The van der Waals surface area contributed by atoms with E-state index in [0.29, 0.717) is 42.5 Å². The molecule has 0 radical (unpaired) electrons. The van der Waals surface area contributed by atoms with E-state index in [4.69, 9.17) is 16.3 Å². The third kappa shape index (κ3) is 5.63. The van der Waals surface area contributed by atoms with Gasteiger partial charge in [-0.2, -0.15) is 5.10 Å². The van der Waals surface area contributed by atoms with Crippen LogP contribution in [-0.2, 0) is 14.3 Å². The SMILES string of the molecule is O=C(N/N=C\c1cccc(Cl)c1)C(=O)Nc1ccccc1C(=O)N1CCOCC1. The van der Waals surface area contributed by atoms with Gasteiger partial charge in [0.2, 0.25) is 0 Å². The molecule has 0 aliphatic carbocycles. The molecule has 0 aromatic heterocycles. The van der Waals surface area contributed by atoms with Crippen LogP contribution >= 0.6 is 11.6 Å². The maximum absolute atomic E-state index is 12.7. The van der Waals surface area contributed by atoms with Crippen LogP contribution in [0, 0.1) is 0 Å². The molecule has 2 aromatic rings. The van der Waals surface area contributed by atoms with E-state index in [1.54, 1.807) is 53.4 Å². The van der Waals surface area contributed by atoms with Crippen molar-refractivity contribution in [3.63, 3.8) is 0 Å². The Balaban J connectivity index is 1.62. The van der Waals surface area contributed by atoms with Crippen molar-refractivity contribution in [2.45, 2.75) is 0 Å². The molecule has 0 unspecified atom stereocenters. The Morgan fingerprint density at radius 2 is 1.79 bits per heavy atom. The van der Waals surface area contributed by atoms with Crippen molar-refractivity contribution in [1.82, 2.24) is 10.3 Å². The highest BCUT2D eigenvalue weighted by atomic mass is 35.5. The van der Waals surface area contributed by atoms with Gasteiger partial charge in [0.25, 0.3) is 5.91 Å². The summed E-state index contributed by atoms with van der Waals surface area (Å²) < 4.78 is 5.25. The van der Waals surface area contributed by atoms with Gasteiger partial charge in [0.15, 0.2) is 0 Å². The Bertz CT molecular complexity index is 942. The van der Waals surface area contributed by atoms with Gasteiger partial charge in [-0.1, -0.05) is 35.9 Å². The summed E-state index contributed by atoms with van der Waals surface area (Å²) in [6.07, 6.45) is 1.37. The molecule has 0 atom stereocenters. The molecule has 1 saturated heterocycles. The number of benzene rings is 2. The molecule has 9 heteroatoms. The molecule has 1 heterocycles. The maximum atomic E-state index is 12.7. The molecule has 0 spiro atoms. The standard InChI is InChI=1S/C20H19ClN4O4/c21-15-5-3-4-14(12-15)13-22-24-19(27)18(26)23-17-7-2-1-6-16(17)20(28)25-8-10-29-11-9-25/h1-7,12-13H,8-11H2,(H,23,26)(H,24,27)/b22-13-. The average molecular weight is 415 g/mol. The Hall–Kier alpha value is -3.23. The van der Waals surface area contributed by atoms with E-state index in [-0.39, 0.29) is 11.6 Å². The summed E-state index contributed by atoms with van der Waals surface area (Å²) in [6, 6.07) is 13.4. The molecule has 8 nitrogen and oxygen atoms in total. The average Bonchev–Trinajstić information content (AvgIpc) is 2.74. The lowest BCUT2D eigenvalue weighted by atomic mass is 10.1. The van der Waals surface area contributed by atoms with Crippen LogP contribution < -0.4 is 10.7 Å². The van der Waals surface area contributed by atoms with Crippen LogP contribution in [0.2, 0.25) is 5.02 Å². The number of nitrogens with one attached hydrogen (secondary N) is 2. The number of carbonyl (C=O) groups is 3. The first-order valence-electron chi connectivity index (χ1n) is 8.90. The summed E-state index contributed by atoms with van der Waals surface area (Å²) in [5, 5.41) is 6.73. The summed E-state index contributed by atoms with van der Waals surface area (Å²) in [5.41, 5.74) is 3.37. The normalized spacial score (nSPS) is 13.9. The third-order valence-corrected chi connectivity index (χ3v) is 4.37. The lowest BCUT2D eigenvalue weighted by molar-refractivity contribution is -0.136. The van der Waals surface area contributed by atoms with Crippen LogP contribution in [0.25, 0.3) is 0 Å². The first kappa shape index (κ1) is 20.5. The van der Waals surface area contributed by atoms with Gasteiger partial charge in [-0.25, -0.2) is 5.43 Å². The van der Waals surface area contributed by atoms with Gasteiger partial charge in [0.05, 0.1) is 30.7 Å². The summed E-state index contributed by atoms with van der Waals surface area (Å²) in [6.45, 7) is 1.88. The highest BCUT2D eigenvalue weighted by Crippen LogP contribution is 2.18. The fraction of sp³-hybridized carbons (Fsp3) is 0.200. The Morgan fingerprint density at radius 1 is 1.03 bits per heavy atom. The molecule has 1 aliphatic rings. The van der Waals surface area contributed by atoms with Crippen LogP contribution in [0.15, 0.2) is 53.6 Å². The maximum Gasteiger partial charge on any atom is 0.329 e. The fourth-order valence-electron chi connectivity index (χ4n) is 2.70. The number of hydrogen-bond acceptors (Lipinski definition) is 5. The second-order valence-electron chi connectivity index (χ2n) is 6.16. The predicted octanol–water partition coefficient (Wildman–Crippen LogP) is 1.90. The van der Waals surface area contributed by atoms with Gasteiger partial charge in [-0.3, -0.25) is 14.4 Å². The van der Waals surface area contributed by atoms with Crippen molar-refractivity contribution in [2.75, 3.05) is 31.6 Å². The quantitative estimate of drug-likeness (QED) is 0.453. The number of halogens is 1. The van der Waals surface area contributed by atoms with E-state index in [0.717, 1.165) is 0 Å². The zero-order valence-corrected chi connectivity index (χ0v) is 16.2. The number of hydrogen-bond donors (Lipinski definition) is 2. The van der Waals surface area contributed by atoms with Crippen molar-refractivity contribution in [3.8, 4) is 0 Å². The van der Waals surface area contributed by atoms with Gasteiger partial charge in [-0.15, -0.1) is 0 Å². The van der Waals surface area contributed by atoms with E-state index in [1.807, 2.05) is 0 Å². The monoisotopic (exact) mass is 414 g/mol. The van der Waals surface area contributed by atoms with E-state index in [2.05, 4.69) is 15.8 Å². The van der Waals surface area contributed by atoms with Crippen molar-refractivity contribution in [3.05, 3.63) is 64.7 Å². The molecule has 1 fully saturated rings. The van der Waals surface area contributed by atoms with Crippen molar-refractivity contribution < 1.29 is 19.1 Å². The Morgan fingerprint density at radius 3 is 2.55 bits per heavy atom. The molecule has 2 aromatic carbocycles. The van der Waals surface area contributed by atoms with E-state index in [9.17, 15) is 14.4 Å². The predicted molar refractivity (Wildman–Crippen MR) is 109 cm³/mol. The van der Waals surface area contributed by atoms with Crippen molar-refractivity contribution in [2.24, 2.45) is 5.10 Å². The summed E-state index contributed by atoms with van der Waals surface area (Å²) in [5.74, 6) is -2.13. The minimum absolute atomic E-state index is 0.233. The molecule has 150 valence electrons. The molecule has 3 rings (SSSR count). The highest BCUT2D eigenvalue weighted by molar-refractivity contribution is 6.40. The smallest absolute Gasteiger partial charge is 0.329 e. The summed E-state index contributed by atoms with van der Waals surface area (Å²) in [4.78, 5) is 38.6. The summed E-state index contributed by atoms with van der Waals surface area (Å²) in [7, 11) is 0. The zero-order valence-electron chi connectivity index (χ0n) is 15.4. The number of anilines is 1. The molecule has 0 saturated carbocycles. The van der Waals surface area contributed by atoms with Gasteiger partial charge in [0.1, 0.15) is 0 Å². The first-order valence-corrected chi connectivity index (χ1v) is 9.28. The number of amides is 3. The number of ether oxygens (including phenoxy) is 1. The van der Waals surface area contributed by atoms with Crippen LogP contribution in [0.4, 0.5) is 5.69 Å². The number of nitrogens with zero attached hydrogens (tertiary/aromatic N) is 2. The lowest BCUT2D eigenvalue weighted by Gasteiger charge is -2.27. The van der Waals surface area contributed by atoms with Crippen LogP contribution in [-0.4, -0.2) is 55.1 Å². The molecule has 3 amide bonds. The fourth-order valence-corrected chi connectivity index (χ4v) is 2.90. The third-order valence-electron chi connectivity index (χ3n) is 4.14. The number of hydrazone groups is 1. The van der Waals surface area contributed by atoms with Gasteiger partial charge < -0.3 is 15.0 Å². The van der Waals surface area contributed by atoms with E-state index < -0.39 is 11.8 Å². The van der Waals surface area contributed by atoms with Crippen molar-refractivity contribution >= 4 is 41.2 Å². The molecule has 1 aliphatic heterocycles. The lowest BCUT2D eigenvalue weighted by Crippen LogP contribution is -2.41. The Labute approximate surface area is 172 Å². The minimum atomic E-state index is -0.961. The van der Waals surface area contributed by atoms with Crippen LogP contribution in [0.3, 0.4) is 0 Å². The zero-order chi connectivity index (χ0) is 20.6. The molecule has 29 heavy (non-hydrogen) atoms. The number of morpholine rings is 1. The first-order chi connectivity index (χ1) is 14.0. The second kappa shape index (κ2) is 9.81. The molecular formula is C20H19ClN4O4. The second-order valence-corrected chi connectivity index (χ2v) is 6.59. The van der Waals surface area contributed by atoms with E-state index >= 15 is 0 Å². The largest absolute Gasteiger partial charge is 0.378 e. The van der Waals surface area contributed by atoms with Crippen molar-refractivity contribution in [1.29, 1.82) is 0 Å². The van der Waals surface area contributed by atoms with Crippen LogP contribution in [0.5, 0.6) is 0 Å². The highest BCUT2D eigenvalue weighted by Gasteiger charge is 2.22. The van der Waals surface area contributed by atoms with Gasteiger partial charge in [0, 0.05) is 18.1 Å². The van der Waals surface area contributed by atoms with Gasteiger partial charge >= 0.3 is 11.8 Å². The number of rotatable bonds is 4. The van der Waals surface area contributed by atoms with Gasteiger partial charge in [-0.05, 0) is 29.8 Å². The number of para-hydroxylation sites is 1. The summed E-state index contributed by atoms with van der Waals surface area (Å²) >= 11 is 5.87. The van der Waals surface area contributed by atoms with E-state index in [1.165, 1.54) is 6.21 Å². The molecule has 0 bridgehead atoms. The van der Waals surface area contributed by atoms with Crippen LogP contribution in [0.1, 0.15) is 15.9 Å². The molecular weight excluding hydrogens is 396 g/mol. The minimum Gasteiger partial charge on any atom is -0.378 e. The number of carbonyl (C=O) groups excluding carboxylic acids is 3. The topological polar surface area (TPSA) is 100 Å². The molecule has 2 N–H and O–H groups in total. The Kier molecular flexibility index (Phi) is 6.94.